The first kappa shape index (κ1) is 12.6. The number of amides is 1. The number of carbonyl (C=O) groups is 1. The third-order valence-electron chi connectivity index (χ3n) is 3.34. The predicted molar refractivity (Wildman–Crippen MR) is 68.2 cm³/mol. The first-order valence-corrected chi connectivity index (χ1v) is 5.84. The Labute approximate surface area is 107 Å². The molecule has 0 saturated carbocycles. The molecule has 4 nitrogen and oxygen atoms in total. The van der Waals surface area contributed by atoms with E-state index in [2.05, 4.69) is 6.07 Å². The van der Waals surface area contributed by atoms with Crippen LogP contribution in [0, 0.1) is 30.6 Å². The second-order valence-electron chi connectivity index (χ2n) is 4.84. The second-order valence-corrected chi connectivity index (χ2v) is 4.84. The van der Waals surface area contributed by atoms with Gasteiger partial charge in [0.2, 0.25) is 0 Å². The predicted octanol–water partition coefficient (Wildman–Crippen LogP) is 1.81. The highest BCUT2D eigenvalue weighted by molar-refractivity contribution is 6.00. The number of nitriles is 1. The zero-order chi connectivity index (χ0) is 13.3. The van der Waals surface area contributed by atoms with Crippen molar-refractivity contribution in [3.63, 3.8) is 0 Å². The number of hydrogen-bond acceptors (Lipinski definition) is 3. The SMILES string of the molecule is Cc1ccc(N(C)C(=O)C2(C#N)COC2)c(C)c1. The first-order valence-electron chi connectivity index (χ1n) is 5.84. The molecule has 0 atom stereocenters. The van der Waals surface area contributed by atoms with Crippen molar-refractivity contribution in [2.75, 3.05) is 25.2 Å². The molecule has 4 heteroatoms. The molecular formula is C14H16N2O2. The molecule has 0 unspecified atom stereocenters. The molecule has 1 amide bonds. The molecule has 1 aliphatic rings. The maximum absolute atomic E-state index is 12.3. The van der Waals surface area contributed by atoms with Crippen LogP contribution in [0.15, 0.2) is 18.2 Å². The van der Waals surface area contributed by atoms with Crippen molar-refractivity contribution in [3.05, 3.63) is 29.3 Å². The number of benzene rings is 1. The van der Waals surface area contributed by atoms with Gasteiger partial charge < -0.3 is 9.64 Å². The second kappa shape index (κ2) is 4.43. The Morgan fingerprint density at radius 3 is 2.56 bits per heavy atom. The summed E-state index contributed by atoms with van der Waals surface area (Å²) in [7, 11) is 1.71. The summed E-state index contributed by atoms with van der Waals surface area (Å²) in [5.41, 5.74) is 2.02. The lowest BCUT2D eigenvalue weighted by Crippen LogP contribution is -2.53. The van der Waals surface area contributed by atoms with Crippen molar-refractivity contribution in [1.82, 2.24) is 0 Å². The van der Waals surface area contributed by atoms with Gasteiger partial charge in [-0.1, -0.05) is 17.7 Å². The van der Waals surface area contributed by atoms with Gasteiger partial charge in [-0.05, 0) is 25.5 Å². The molecular weight excluding hydrogens is 228 g/mol. The summed E-state index contributed by atoms with van der Waals surface area (Å²) < 4.78 is 5.02. The minimum absolute atomic E-state index is 0.191. The molecule has 1 aromatic rings. The van der Waals surface area contributed by atoms with Gasteiger partial charge in [0.1, 0.15) is 0 Å². The summed E-state index contributed by atoms with van der Waals surface area (Å²) >= 11 is 0. The topological polar surface area (TPSA) is 53.3 Å². The van der Waals surface area contributed by atoms with Crippen LogP contribution in [-0.2, 0) is 9.53 Å². The van der Waals surface area contributed by atoms with Crippen molar-refractivity contribution in [3.8, 4) is 6.07 Å². The van der Waals surface area contributed by atoms with Gasteiger partial charge in [-0.15, -0.1) is 0 Å². The lowest BCUT2D eigenvalue weighted by Gasteiger charge is -2.36. The number of ether oxygens (including phenoxy) is 1. The Kier molecular flexibility index (Phi) is 3.10. The Bertz CT molecular complexity index is 527. The van der Waals surface area contributed by atoms with Crippen molar-refractivity contribution in [1.29, 1.82) is 5.26 Å². The van der Waals surface area contributed by atoms with Crippen LogP contribution in [-0.4, -0.2) is 26.2 Å². The highest BCUT2D eigenvalue weighted by atomic mass is 16.5. The fourth-order valence-corrected chi connectivity index (χ4v) is 2.15. The van der Waals surface area contributed by atoms with Gasteiger partial charge in [-0.3, -0.25) is 4.79 Å². The normalized spacial score (nSPS) is 16.6. The summed E-state index contributed by atoms with van der Waals surface area (Å²) in [5.74, 6) is -0.191. The van der Waals surface area contributed by atoms with E-state index in [4.69, 9.17) is 10.00 Å². The van der Waals surface area contributed by atoms with Crippen LogP contribution in [0.2, 0.25) is 0 Å². The summed E-state index contributed by atoms with van der Waals surface area (Å²) in [5, 5.41) is 9.14. The molecule has 1 aromatic carbocycles. The Morgan fingerprint density at radius 2 is 2.11 bits per heavy atom. The van der Waals surface area contributed by atoms with Crippen LogP contribution in [0.25, 0.3) is 0 Å². The van der Waals surface area contributed by atoms with Gasteiger partial charge in [0.25, 0.3) is 5.91 Å². The number of nitrogens with zero attached hydrogens (tertiary/aromatic N) is 2. The van der Waals surface area contributed by atoms with Crippen molar-refractivity contribution < 1.29 is 9.53 Å². The highest BCUT2D eigenvalue weighted by Gasteiger charge is 2.48. The van der Waals surface area contributed by atoms with Gasteiger partial charge in [0, 0.05) is 12.7 Å². The van der Waals surface area contributed by atoms with Crippen LogP contribution >= 0.6 is 0 Å². The summed E-state index contributed by atoms with van der Waals surface area (Å²) in [6.45, 7) is 4.35. The van der Waals surface area contributed by atoms with Crippen molar-refractivity contribution >= 4 is 11.6 Å². The number of hydrogen-bond donors (Lipinski definition) is 0. The highest BCUT2D eigenvalue weighted by Crippen LogP contribution is 2.31. The molecule has 1 aliphatic heterocycles. The van der Waals surface area contributed by atoms with Crippen molar-refractivity contribution in [2.45, 2.75) is 13.8 Å². The third kappa shape index (κ3) is 1.87. The van der Waals surface area contributed by atoms with E-state index in [0.29, 0.717) is 0 Å². The molecule has 2 rings (SSSR count). The quantitative estimate of drug-likeness (QED) is 0.797. The molecule has 18 heavy (non-hydrogen) atoms. The monoisotopic (exact) mass is 244 g/mol. The average molecular weight is 244 g/mol. The molecule has 0 bridgehead atoms. The summed E-state index contributed by atoms with van der Waals surface area (Å²) in [6, 6.07) is 7.97. The van der Waals surface area contributed by atoms with E-state index in [1.165, 1.54) is 0 Å². The van der Waals surface area contributed by atoms with Crippen LogP contribution in [0.5, 0.6) is 0 Å². The minimum Gasteiger partial charge on any atom is -0.377 e. The van der Waals surface area contributed by atoms with E-state index in [0.717, 1.165) is 16.8 Å². The molecule has 0 N–H and O–H groups in total. The van der Waals surface area contributed by atoms with E-state index < -0.39 is 5.41 Å². The van der Waals surface area contributed by atoms with Crippen LogP contribution in [0.3, 0.4) is 0 Å². The van der Waals surface area contributed by atoms with Crippen LogP contribution < -0.4 is 4.90 Å². The summed E-state index contributed by atoms with van der Waals surface area (Å²) in [6.07, 6.45) is 0. The molecule has 1 heterocycles. The maximum Gasteiger partial charge on any atom is 0.252 e. The van der Waals surface area contributed by atoms with Gasteiger partial charge in [0.15, 0.2) is 5.41 Å². The maximum atomic E-state index is 12.3. The fourth-order valence-electron chi connectivity index (χ4n) is 2.15. The Balaban J connectivity index is 2.29. The van der Waals surface area contributed by atoms with E-state index in [1.807, 2.05) is 32.0 Å². The number of anilines is 1. The fraction of sp³-hybridized carbons (Fsp3) is 0.429. The Morgan fingerprint density at radius 1 is 1.44 bits per heavy atom. The van der Waals surface area contributed by atoms with Gasteiger partial charge in [0.05, 0.1) is 19.3 Å². The minimum atomic E-state index is -0.994. The van der Waals surface area contributed by atoms with E-state index in [-0.39, 0.29) is 19.1 Å². The first-order chi connectivity index (χ1) is 8.50. The molecule has 1 fully saturated rings. The average Bonchev–Trinajstić information content (AvgIpc) is 2.27. The summed E-state index contributed by atoms with van der Waals surface area (Å²) in [4.78, 5) is 13.9. The standard InChI is InChI=1S/C14H16N2O2/c1-10-4-5-12(11(2)6-10)16(3)13(17)14(7-15)8-18-9-14/h4-6H,8-9H2,1-3H3. The third-order valence-corrected chi connectivity index (χ3v) is 3.34. The Hall–Kier alpha value is -1.86. The van der Waals surface area contributed by atoms with Crippen molar-refractivity contribution in [2.24, 2.45) is 5.41 Å². The van der Waals surface area contributed by atoms with E-state index in [9.17, 15) is 4.79 Å². The zero-order valence-corrected chi connectivity index (χ0v) is 10.9. The largest absolute Gasteiger partial charge is 0.377 e. The zero-order valence-electron chi connectivity index (χ0n) is 10.9. The lowest BCUT2D eigenvalue weighted by molar-refractivity contribution is -0.146. The molecule has 0 aliphatic carbocycles. The molecule has 0 aromatic heterocycles. The number of aryl methyl sites for hydroxylation is 2. The van der Waals surface area contributed by atoms with Gasteiger partial charge in [-0.2, -0.15) is 5.26 Å². The molecule has 0 radical (unpaired) electrons. The molecule has 94 valence electrons. The number of carbonyl (C=O) groups excluding carboxylic acids is 1. The van der Waals surface area contributed by atoms with E-state index in [1.54, 1.807) is 11.9 Å². The van der Waals surface area contributed by atoms with Crippen LogP contribution in [0.1, 0.15) is 11.1 Å². The van der Waals surface area contributed by atoms with Gasteiger partial charge in [-0.25, -0.2) is 0 Å². The molecule has 1 saturated heterocycles. The van der Waals surface area contributed by atoms with Gasteiger partial charge >= 0.3 is 0 Å². The molecule has 0 spiro atoms. The lowest BCUT2D eigenvalue weighted by atomic mass is 9.86. The number of rotatable bonds is 2. The smallest absolute Gasteiger partial charge is 0.252 e. The van der Waals surface area contributed by atoms with E-state index >= 15 is 0 Å². The van der Waals surface area contributed by atoms with Crippen LogP contribution in [0.4, 0.5) is 5.69 Å².